The van der Waals surface area contributed by atoms with Crippen LogP contribution in [0.3, 0.4) is 0 Å². The van der Waals surface area contributed by atoms with Gasteiger partial charge < -0.3 is 0 Å². The van der Waals surface area contributed by atoms with Gasteiger partial charge in [0.1, 0.15) is 0 Å². The Labute approximate surface area is 71.2 Å². The first-order chi connectivity index (χ1) is 5.79. The zero-order valence-corrected chi connectivity index (χ0v) is 7.33. The standard InChI is InChI=1S/C7H9N3OS/c11-12(4-1-5-12)10-7-6-8-2-3-9-7/h2-3,6H,1,4-5H2. The summed E-state index contributed by atoms with van der Waals surface area (Å²) < 4.78 is 15.6. The van der Waals surface area contributed by atoms with Crippen molar-refractivity contribution in [2.24, 2.45) is 4.36 Å². The van der Waals surface area contributed by atoms with Crippen molar-refractivity contribution >= 4 is 15.5 Å². The van der Waals surface area contributed by atoms with E-state index < -0.39 is 9.73 Å². The highest BCUT2D eigenvalue weighted by Crippen LogP contribution is 2.17. The van der Waals surface area contributed by atoms with Gasteiger partial charge in [-0.1, -0.05) is 0 Å². The van der Waals surface area contributed by atoms with Gasteiger partial charge in [-0.25, -0.2) is 9.19 Å². The summed E-state index contributed by atoms with van der Waals surface area (Å²) in [5, 5.41) is 0. The quantitative estimate of drug-likeness (QED) is 0.652. The average Bonchev–Trinajstić information content (AvgIpc) is 2.04. The second-order valence-electron chi connectivity index (χ2n) is 2.69. The maximum absolute atomic E-state index is 11.6. The van der Waals surface area contributed by atoms with Crippen molar-refractivity contribution in [3.05, 3.63) is 18.6 Å². The molecule has 0 aromatic carbocycles. The molecule has 1 aliphatic heterocycles. The summed E-state index contributed by atoms with van der Waals surface area (Å²) in [6.07, 6.45) is 5.68. The van der Waals surface area contributed by atoms with Crippen molar-refractivity contribution in [3.8, 4) is 0 Å². The van der Waals surface area contributed by atoms with Crippen LogP contribution in [0.4, 0.5) is 5.82 Å². The minimum Gasteiger partial charge on any atom is -0.259 e. The summed E-state index contributed by atoms with van der Waals surface area (Å²) in [6.45, 7) is 0. The van der Waals surface area contributed by atoms with Crippen LogP contribution < -0.4 is 0 Å². The van der Waals surface area contributed by atoms with Gasteiger partial charge in [0, 0.05) is 23.9 Å². The third kappa shape index (κ3) is 1.45. The van der Waals surface area contributed by atoms with Crippen LogP contribution in [0.5, 0.6) is 0 Å². The molecule has 1 aromatic heterocycles. The lowest BCUT2D eigenvalue weighted by Gasteiger charge is -2.16. The molecule has 1 aliphatic rings. The molecule has 0 N–H and O–H groups in total. The number of nitrogens with zero attached hydrogens (tertiary/aromatic N) is 3. The topological polar surface area (TPSA) is 55.2 Å². The number of aromatic nitrogens is 2. The third-order valence-electron chi connectivity index (χ3n) is 1.74. The molecule has 0 radical (unpaired) electrons. The van der Waals surface area contributed by atoms with E-state index in [1.807, 2.05) is 0 Å². The highest BCUT2D eigenvalue weighted by Gasteiger charge is 2.19. The van der Waals surface area contributed by atoms with Crippen molar-refractivity contribution in [3.63, 3.8) is 0 Å². The molecule has 12 heavy (non-hydrogen) atoms. The maximum Gasteiger partial charge on any atom is 0.180 e. The fourth-order valence-corrected chi connectivity index (χ4v) is 2.39. The minimum atomic E-state index is -1.92. The number of rotatable bonds is 1. The average molecular weight is 183 g/mol. The Bertz CT molecular complexity index is 371. The van der Waals surface area contributed by atoms with Crippen molar-refractivity contribution < 1.29 is 4.21 Å². The Morgan fingerprint density at radius 1 is 1.42 bits per heavy atom. The van der Waals surface area contributed by atoms with Crippen LogP contribution >= 0.6 is 0 Å². The summed E-state index contributed by atoms with van der Waals surface area (Å²) >= 11 is 0. The summed E-state index contributed by atoms with van der Waals surface area (Å²) in [5.74, 6) is 1.91. The molecule has 1 aromatic rings. The Hall–Kier alpha value is -0.970. The molecule has 0 saturated carbocycles. The van der Waals surface area contributed by atoms with Gasteiger partial charge in [-0.05, 0) is 6.42 Å². The fourth-order valence-electron chi connectivity index (χ4n) is 0.991. The molecule has 0 atom stereocenters. The zero-order valence-electron chi connectivity index (χ0n) is 6.51. The Morgan fingerprint density at radius 2 is 2.25 bits per heavy atom. The molecule has 5 heteroatoms. The van der Waals surface area contributed by atoms with E-state index in [0.717, 1.165) is 6.42 Å². The summed E-state index contributed by atoms with van der Waals surface area (Å²) in [6, 6.07) is 0. The molecular weight excluding hydrogens is 174 g/mol. The van der Waals surface area contributed by atoms with Crippen LogP contribution in [0, 0.1) is 0 Å². The summed E-state index contributed by atoms with van der Waals surface area (Å²) in [7, 11) is -1.92. The van der Waals surface area contributed by atoms with E-state index in [4.69, 9.17) is 0 Å². The molecule has 2 heterocycles. The monoisotopic (exact) mass is 183 g/mol. The predicted octanol–water partition coefficient (Wildman–Crippen LogP) is 0.980. The van der Waals surface area contributed by atoms with E-state index in [2.05, 4.69) is 14.3 Å². The van der Waals surface area contributed by atoms with E-state index in [0.29, 0.717) is 17.3 Å². The molecule has 1 saturated heterocycles. The molecule has 64 valence electrons. The molecular formula is C7H9N3OS. The van der Waals surface area contributed by atoms with E-state index in [1.54, 1.807) is 12.4 Å². The molecule has 0 unspecified atom stereocenters. The maximum atomic E-state index is 11.6. The summed E-state index contributed by atoms with van der Waals surface area (Å²) in [5.41, 5.74) is 0. The zero-order chi connectivity index (χ0) is 8.44. The Morgan fingerprint density at radius 3 is 2.75 bits per heavy atom. The smallest absolute Gasteiger partial charge is 0.180 e. The van der Waals surface area contributed by atoms with Gasteiger partial charge in [0.15, 0.2) is 5.82 Å². The van der Waals surface area contributed by atoms with Gasteiger partial charge in [0.2, 0.25) is 0 Å². The lowest BCUT2D eigenvalue weighted by molar-refractivity contribution is 0.663. The first-order valence-corrected chi connectivity index (χ1v) is 5.62. The van der Waals surface area contributed by atoms with Crippen LogP contribution in [0.25, 0.3) is 0 Å². The highest BCUT2D eigenvalue weighted by molar-refractivity contribution is 7.95. The van der Waals surface area contributed by atoms with E-state index in [1.165, 1.54) is 6.20 Å². The largest absolute Gasteiger partial charge is 0.259 e. The molecule has 2 rings (SSSR count). The van der Waals surface area contributed by atoms with Crippen molar-refractivity contribution in [2.45, 2.75) is 6.42 Å². The van der Waals surface area contributed by atoms with Gasteiger partial charge in [0.25, 0.3) is 0 Å². The first-order valence-electron chi connectivity index (χ1n) is 3.77. The van der Waals surface area contributed by atoms with E-state index >= 15 is 0 Å². The molecule has 0 amide bonds. The Kier molecular flexibility index (Phi) is 1.80. The number of hydrogen-bond acceptors (Lipinski definition) is 4. The first kappa shape index (κ1) is 7.67. The number of hydrogen-bond donors (Lipinski definition) is 0. The molecule has 4 nitrogen and oxygen atoms in total. The lowest BCUT2D eigenvalue weighted by Crippen LogP contribution is -2.23. The summed E-state index contributed by atoms with van der Waals surface area (Å²) in [4.78, 5) is 7.78. The predicted molar refractivity (Wildman–Crippen MR) is 46.6 cm³/mol. The SMILES string of the molecule is O=S1(=Nc2cnccn2)CCC1. The van der Waals surface area contributed by atoms with Gasteiger partial charge in [-0.15, -0.1) is 0 Å². The van der Waals surface area contributed by atoms with Gasteiger partial charge in [0.05, 0.1) is 15.9 Å². The molecule has 1 fully saturated rings. The van der Waals surface area contributed by atoms with Crippen LogP contribution in [-0.4, -0.2) is 25.7 Å². The van der Waals surface area contributed by atoms with Crippen molar-refractivity contribution in [2.75, 3.05) is 11.5 Å². The molecule has 0 aliphatic carbocycles. The van der Waals surface area contributed by atoms with Crippen LogP contribution in [0.2, 0.25) is 0 Å². The van der Waals surface area contributed by atoms with E-state index in [-0.39, 0.29) is 0 Å². The van der Waals surface area contributed by atoms with Gasteiger partial charge in [-0.2, -0.15) is 4.36 Å². The van der Waals surface area contributed by atoms with Crippen molar-refractivity contribution in [1.82, 2.24) is 9.97 Å². The van der Waals surface area contributed by atoms with E-state index in [9.17, 15) is 4.21 Å². The van der Waals surface area contributed by atoms with Gasteiger partial charge >= 0.3 is 0 Å². The minimum absolute atomic E-state index is 0.488. The Balaban J connectivity index is 2.35. The third-order valence-corrected chi connectivity index (χ3v) is 4.11. The highest BCUT2D eigenvalue weighted by atomic mass is 32.2. The second kappa shape index (κ2) is 2.82. The second-order valence-corrected chi connectivity index (χ2v) is 5.23. The van der Waals surface area contributed by atoms with Crippen molar-refractivity contribution in [1.29, 1.82) is 0 Å². The lowest BCUT2D eigenvalue weighted by atomic mass is 10.5. The fraction of sp³-hybridized carbons (Fsp3) is 0.429. The normalized spacial score (nSPS) is 19.7. The molecule has 0 spiro atoms. The van der Waals surface area contributed by atoms with Crippen LogP contribution in [0.1, 0.15) is 6.42 Å². The van der Waals surface area contributed by atoms with Gasteiger partial charge in [-0.3, -0.25) is 4.98 Å². The molecule has 0 bridgehead atoms. The van der Waals surface area contributed by atoms with Crippen LogP contribution in [0.15, 0.2) is 23.0 Å². The van der Waals surface area contributed by atoms with Crippen LogP contribution in [-0.2, 0) is 9.73 Å².